The number of nitrogens with one attached hydrogen (secondary N) is 1. The van der Waals surface area contributed by atoms with Crippen LogP contribution in [0.5, 0.6) is 5.75 Å². The Balaban J connectivity index is 1.16. The number of carbonyl (C=O) groups excluding carboxylic acids is 2. The number of aromatic nitrogens is 5. The number of nitrogens with zero attached hydrogens (tertiary/aromatic N) is 6. The van der Waals surface area contributed by atoms with Gasteiger partial charge in [0.05, 0.1) is 35.6 Å². The number of piperidine rings is 1. The number of hydrogen-bond acceptors (Lipinski definition) is 7. The van der Waals surface area contributed by atoms with Crippen molar-refractivity contribution in [3.63, 3.8) is 0 Å². The fraction of sp³-hybridized carbons (Fsp3) is 0.417. The molecule has 2 amide bonds. The van der Waals surface area contributed by atoms with Gasteiger partial charge >= 0.3 is 0 Å². The van der Waals surface area contributed by atoms with Gasteiger partial charge in [-0.2, -0.15) is 0 Å². The van der Waals surface area contributed by atoms with Crippen LogP contribution >= 0.6 is 11.6 Å². The molecule has 0 radical (unpaired) electrons. The van der Waals surface area contributed by atoms with Crippen molar-refractivity contribution in [1.82, 2.24) is 34.3 Å². The molecule has 3 N–H and O–H groups in total. The van der Waals surface area contributed by atoms with Crippen LogP contribution in [-0.4, -0.2) is 66.5 Å². The number of benzene rings is 1. The van der Waals surface area contributed by atoms with Crippen molar-refractivity contribution in [3.05, 3.63) is 70.6 Å². The van der Waals surface area contributed by atoms with Crippen LogP contribution in [0.15, 0.2) is 48.7 Å². The van der Waals surface area contributed by atoms with E-state index in [4.69, 9.17) is 32.0 Å². The zero-order valence-corrected chi connectivity index (χ0v) is 28.1. The minimum Gasteiger partial charge on any atom is -0.494 e. The molecule has 4 aromatic heterocycles. The van der Waals surface area contributed by atoms with E-state index >= 15 is 0 Å². The number of carbonyl (C=O) groups is 2. The fourth-order valence-electron chi connectivity index (χ4n) is 7.60. The molecular formula is C36H39ClN8O3. The standard InChI is InChI=1S/C36H39ClN8O3/c1-19(40-35(46)23-8-11-31(37)39-16-23)27-10-7-22-14-29(45(33(22)41-27)17-20-4-5-20)34-42-28-13-24(15-30(48-3)32(28)43(34)2)36(47)44-18-26(38)21-6-9-25(44)12-21/h7-8,10-11,13-16,19-21,25-26H,4-6,9,12,17-18,38H2,1-3H3,(H,40,46)/t19-,21-,25+,26+/m1/s1. The maximum atomic E-state index is 13.9. The van der Waals surface area contributed by atoms with E-state index in [1.165, 1.54) is 19.0 Å². The van der Waals surface area contributed by atoms with Gasteiger partial charge in [-0.25, -0.2) is 15.0 Å². The number of likely N-dealkylation sites (tertiary alicyclic amines) is 1. The number of nitrogens with two attached hydrogens (primary N) is 1. The minimum atomic E-state index is -0.342. The number of hydrogen-bond donors (Lipinski definition) is 2. The molecule has 2 bridgehead atoms. The van der Waals surface area contributed by atoms with Crippen LogP contribution in [-0.2, 0) is 13.6 Å². The summed E-state index contributed by atoms with van der Waals surface area (Å²) >= 11 is 5.90. The van der Waals surface area contributed by atoms with Crippen molar-refractivity contribution in [3.8, 4) is 17.3 Å². The van der Waals surface area contributed by atoms with E-state index in [0.29, 0.717) is 45.9 Å². The first-order chi connectivity index (χ1) is 23.2. The van der Waals surface area contributed by atoms with Crippen molar-refractivity contribution >= 4 is 45.5 Å². The average molecular weight is 667 g/mol. The number of halogens is 1. The zero-order valence-electron chi connectivity index (χ0n) is 27.3. The van der Waals surface area contributed by atoms with Crippen molar-refractivity contribution in [1.29, 1.82) is 0 Å². The lowest BCUT2D eigenvalue weighted by Gasteiger charge is -2.37. The number of ether oxygens (including phenoxy) is 1. The van der Waals surface area contributed by atoms with Crippen LogP contribution in [0.25, 0.3) is 33.6 Å². The predicted molar refractivity (Wildman–Crippen MR) is 184 cm³/mol. The molecule has 248 valence electrons. The second-order valence-corrected chi connectivity index (χ2v) is 14.1. The summed E-state index contributed by atoms with van der Waals surface area (Å²) in [5.74, 6) is 2.19. The predicted octanol–water partition coefficient (Wildman–Crippen LogP) is 5.50. The largest absolute Gasteiger partial charge is 0.494 e. The molecular weight excluding hydrogens is 628 g/mol. The number of rotatable bonds is 8. The van der Waals surface area contributed by atoms with Crippen molar-refractivity contribution < 1.29 is 14.3 Å². The van der Waals surface area contributed by atoms with Crippen LogP contribution in [0.3, 0.4) is 0 Å². The van der Waals surface area contributed by atoms with Gasteiger partial charge in [0.25, 0.3) is 11.8 Å². The molecule has 48 heavy (non-hydrogen) atoms. The number of pyridine rings is 2. The van der Waals surface area contributed by atoms with E-state index in [1.54, 1.807) is 19.2 Å². The van der Waals surface area contributed by atoms with Crippen molar-refractivity contribution in [2.45, 2.75) is 63.7 Å². The molecule has 5 aromatic rings. The van der Waals surface area contributed by atoms with E-state index in [2.05, 4.69) is 20.9 Å². The summed E-state index contributed by atoms with van der Waals surface area (Å²) in [5, 5.41) is 4.36. The van der Waals surface area contributed by atoms with Gasteiger partial charge in [-0.15, -0.1) is 0 Å². The molecule has 3 fully saturated rings. The smallest absolute Gasteiger partial charge is 0.254 e. The SMILES string of the molecule is COc1cc(C(=O)N2C[C@H](N)[C@@H]3CC[C@H]2C3)cc2nc(-c3cc4ccc([C@@H](C)NC(=O)c5ccc(Cl)nc5)nc4n3CC3CC3)n(C)c12. The van der Waals surface area contributed by atoms with E-state index in [1.807, 2.05) is 47.7 Å². The first-order valence-corrected chi connectivity index (χ1v) is 17.1. The maximum absolute atomic E-state index is 13.9. The number of fused-ring (bicyclic) bond motifs is 4. The van der Waals surface area contributed by atoms with E-state index in [0.717, 1.165) is 59.6 Å². The molecule has 5 heterocycles. The topological polar surface area (TPSA) is 133 Å². The Labute approximate surface area is 283 Å². The summed E-state index contributed by atoms with van der Waals surface area (Å²) in [4.78, 5) is 43.0. The van der Waals surface area contributed by atoms with Crippen LogP contribution in [0, 0.1) is 11.8 Å². The fourth-order valence-corrected chi connectivity index (χ4v) is 7.71. The van der Waals surface area contributed by atoms with E-state index in [-0.39, 0.29) is 29.9 Å². The quantitative estimate of drug-likeness (QED) is 0.209. The van der Waals surface area contributed by atoms with Crippen molar-refractivity contribution in [2.24, 2.45) is 24.6 Å². The third-order valence-electron chi connectivity index (χ3n) is 10.5. The summed E-state index contributed by atoms with van der Waals surface area (Å²) in [5.41, 5.74) is 11.5. The van der Waals surface area contributed by atoms with Gasteiger partial charge in [-0.3, -0.25) is 9.59 Å². The highest BCUT2D eigenvalue weighted by Gasteiger charge is 2.41. The third-order valence-corrected chi connectivity index (χ3v) is 10.7. The molecule has 1 aliphatic heterocycles. The molecule has 8 rings (SSSR count). The Morgan fingerprint density at radius 2 is 1.92 bits per heavy atom. The average Bonchev–Trinajstić information content (AvgIpc) is 3.55. The second kappa shape index (κ2) is 11.9. The molecule has 0 spiro atoms. The molecule has 4 atom stereocenters. The Bertz CT molecular complexity index is 2070. The number of amides is 2. The van der Waals surface area contributed by atoms with Crippen LogP contribution in [0.1, 0.15) is 71.5 Å². The highest BCUT2D eigenvalue weighted by Crippen LogP contribution is 2.40. The Morgan fingerprint density at radius 1 is 1.08 bits per heavy atom. The zero-order chi connectivity index (χ0) is 33.3. The van der Waals surface area contributed by atoms with Gasteiger partial charge in [-0.1, -0.05) is 11.6 Å². The third kappa shape index (κ3) is 5.38. The lowest BCUT2D eigenvalue weighted by molar-refractivity contribution is 0.0603. The Kier molecular flexibility index (Phi) is 7.64. The summed E-state index contributed by atoms with van der Waals surface area (Å²) < 4.78 is 10.2. The highest BCUT2D eigenvalue weighted by molar-refractivity contribution is 6.29. The van der Waals surface area contributed by atoms with Gasteiger partial charge in [0.1, 0.15) is 22.1 Å². The van der Waals surface area contributed by atoms with E-state index in [9.17, 15) is 9.59 Å². The minimum absolute atomic E-state index is 0.0160. The summed E-state index contributed by atoms with van der Waals surface area (Å²) in [6, 6.07) is 13.0. The monoisotopic (exact) mass is 666 g/mol. The first-order valence-electron chi connectivity index (χ1n) is 16.7. The lowest BCUT2D eigenvalue weighted by atomic mass is 9.94. The molecule has 0 unspecified atom stereocenters. The highest BCUT2D eigenvalue weighted by atomic mass is 35.5. The maximum Gasteiger partial charge on any atom is 0.254 e. The van der Waals surface area contributed by atoms with Crippen LogP contribution in [0.4, 0.5) is 0 Å². The van der Waals surface area contributed by atoms with Crippen LogP contribution in [0.2, 0.25) is 5.15 Å². The Morgan fingerprint density at radius 3 is 2.67 bits per heavy atom. The van der Waals surface area contributed by atoms with Crippen molar-refractivity contribution in [2.75, 3.05) is 13.7 Å². The van der Waals surface area contributed by atoms with Gasteiger partial charge in [0.2, 0.25) is 0 Å². The Hall–Kier alpha value is -4.48. The summed E-state index contributed by atoms with van der Waals surface area (Å²) in [6.07, 6.45) is 6.87. The molecule has 2 aliphatic carbocycles. The normalized spacial score (nSPS) is 21.2. The van der Waals surface area contributed by atoms with Gasteiger partial charge in [0, 0.05) is 49.4 Å². The molecule has 1 aromatic carbocycles. The van der Waals surface area contributed by atoms with Gasteiger partial charge < -0.3 is 29.8 Å². The van der Waals surface area contributed by atoms with E-state index < -0.39 is 0 Å². The van der Waals surface area contributed by atoms with Gasteiger partial charge in [0.15, 0.2) is 5.82 Å². The number of imidazole rings is 1. The summed E-state index contributed by atoms with van der Waals surface area (Å²) in [6.45, 7) is 3.32. The first kappa shape index (κ1) is 30.8. The number of aryl methyl sites for hydroxylation is 1. The van der Waals surface area contributed by atoms with Crippen LogP contribution < -0.4 is 15.8 Å². The number of methoxy groups -OCH3 is 1. The molecule has 1 saturated heterocycles. The molecule has 2 saturated carbocycles. The molecule has 12 heteroatoms. The van der Waals surface area contributed by atoms with Gasteiger partial charge in [-0.05, 0) is 93.3 Å². The summed E-state index contributed by atoms with van der Waals surface area (Å²) in [7, 11) is 3.62. The molecule has 3 aliphatic rings. The second-order valence-electron chi connectivity index (χ2n) is 13.7. The lowest BCUT2D eigenvalue weighted by Crippen LogP contribution is -2.51. The molecule has 11 nitrogen and oxygen atoms in total.